The monoisotopic (exact) mass is 371 g/mol. The topological polar surface area (TPSA) is 52.7 Å². The molecule has 148 valence electrons. The molecule has 0 unspecified atom stereocenters. The molecule has 0 aromatic heterocycles. The van der Waals surface area contributed by atoms with Crippen LogP contribution in [0.5, 0.6) is 0 Å². The number of nitrogens with one attached hydrogen (secondary N) is 1. The van der Waals surface area contributed by atoms with Gasteiger partial charge in [0.2, 0.25) is 11.8 Å². The average Bonchev–Trinajstić information content (AvgIpc) is 3.07. The third-order valence-corrected chi connectivity index (χ3v) is 6.18. The van der Waals surface area contributed by atoms with Crippen molar-refractivity contribution >= 4 is 11.8 Å². The summed E-state index contributed by atoms with van der Waals surface area (Å²) in [6.45, 7) is 6.26. The van der Waals surface area contributed by atoms with E-state index in [-0.39, 0.29) is 17.2 Å². The Bertz CT molecular complexity index is 626. The van der Waals surface area contributed by atoms with Gasteiger partial charge in [0.1, 0.15) is 0 Å². The van der Waals surface area contributed by atoms with E-state index < -0.39 is 0 Å². The molecule has 1 aromatic rings. The first kappa shape index (κ1) is 19.9. The molecule has 1 aliphatic carbocycles. The molecule has 5 nitrogen and oxygen atoms in total. The minimum absolute atomic E-state index is 0.0973. The van der Waals surface area contributed by atoms with Crippen molar-refractivity contribution in [2.75, 3.05) is 39.3 Å². The molecule has 2 aliphatic rings. The Labute approximate surface area is 163 Å². The second-order valence-electron chi connectivity index (χ2n) is 7.99. The molecular formula is C22H33N3O2. The molecule has 1 saturated heterocycles. The molecule has 3 rings (SSSR count). The zero-order chi connectivity index (χ0) is 19.1. The fourth-order valence-corrected chi connectivity index (χ4v) is 4.54. The largest absolute Gasteiger partial charge is 0.354 e. The summed E-state index contributed by atoms with van der Waals surface area (Å²) in [5.41, 5.74) is 1.45. The van der Waals surface area contributed by atoms with Crippen LogP contribution in [0, 0.1) is 0 Å². The van der Waals surface area contributed by atoms with Crippen LogP contribution in [0.2, 0.25) is 0 Å². The Morgan fingerprint density at radius 2 is 1.74 bits per heavy atom. The SMILES string of the molecule is CCC(=O)N1CCCN(CC(=O)NCC2(c3ccccc3)CCCC2)CC1. The Balaban J connectivity index is 1.51. The van der Waals surface area contributed by atoms with E-state index in [9.17, 15) is 9.59 Å². The maximum atomic E-state index is 12.6. The summed E-state index contributed by atoms with van der Waals surface area (Å²) in [5.74, 6) is 0.319. The van der Waals surface area contributed by atoms with Crippen LogP contribution < -0.4 is 5.32 Å². The van der Waals surface area contributed by atoms with Crippen LogP contribution in [0.1, 0.15) is 51.0 Å². The summed E-state index contributed by atoms with van der Waals surface area (Å²) in [6.07, 6.45) is 6.26. The number of nitrogens with zero attached hydrogens (tertiary/aromatic N) is 2. The molecule has 1 N–H and O–H groups in total. The fourth-order valence-electron chi connectivity index (χ4n) is 4.54. The van der Waals surface area contributed by atoms with Gasteiger partial charge < -0.3 is 10.2 Å². The van der Waals surface area contributed by atoms with Gasteiger partial charge in [-0.25, -0.2) is 0 Å². The van der Waals surface area contributed by atoms with Gasteiger partial charge in [0, 0.05) is 44.6 Å². The second-order valence-corrected chi connectivity index (χ2v) is 7.99. The highest BCUT2D eigenvalue weighted by Crippen LogP contribution is 2.40. The van der Waals surface area contributed by atoms with Gasteiger partial charge in [-0.1, -0.05) is 50.1 Å². The molecule has 27 heavy (non-hydrogen) atoms. The number of amides is 2. The summed E-state index contributed by atoms with van der Waals surface area (Å²) in [5, 5.41) is 3.22. The van der Waals surface area contributed by atoms with Gasteiger partial charge in [0.05, 0.1) is 6.54 Å². The van der Waals surface area contributed by atoms with Gasteiger partial charge in [-0.15, -0.1) is 0 Å². The molecule has 0 bridgehead atoms. The summed E-state index contributed by atoms with van der Waals surface area (Å²) in [7, 11) is 0. The standard InChI is InChI=1S/C22H33N3O2/c1-2-21(27)25-14-8-13-24(15-16-25)17-20(26)23-18-22(11-6-7-12-22)19-9-4-3-5-10-19/h3-5,9-10H,2,6-8,11-18H2,1H3,(H,23,26). The minimum Gasteiger partial charge on any atom is -0.354 e. The zero-order valence-corrected chi connectivity index (χ0v) is 16.6. The summed E-state index contributed by atoms with van der Waals surface area (Å²) < 4.78 is 0. The molecule has 1 heterocycles. The van der Waals surface area contributed by atoms with Crippen LogP contribution in [0.3, 0.4) is 0 Å². The smallest absolute Gasteiger partial charge is 0.234 e. The summed E-state index contributed by atoms with van der Waals surface area (Å²) >= 11 is 0. The molecule has 2 fully saturated rings. The number of carbonyl (C=O) groups is 2. The predicted octanol–water partition coefficient (Wildman–Crippen LogP) is 2.56. The van der Waals surface area contributed by atoms with Crippen LogP contribution in [-0.4, -0.2) is 60.9 Å². The lowest BCUT2D eigenvalue weighted by atomic mass is 9.79. The molecule has 2 amide bonds. The van der Waals surface area contributed by atoms with Gasteiger partial charge in [-0.05, 0) is 24.8 Å². The number of benzene rings is 1. The van der Waals surface area contributed by atoms with E-state index in [0.717, 1.165) is 52.0 Å². The van der Waals surface area contributed by atoms with Crippen molar-refractivity contribution in [2.45, 2.75) is 50.9 Å². The van der Waals surface area contributed by atoms with Crippen LogP contribution >= 0.6 is 0 Å². The van der Waals surface area contributed by atoms with Crippen LogP contribution in [0.4, 0.5) is 0 Å². The molecule has 0 spiro atoms. The normalized spacial score (nSPS) is 20.3. The van der Waals surface area contributed by atoms with E-state index >= 15 is 0 Å². The molecule has 1 aliphatic heterocycles. The molecular weight excluding hydrogens is 338 g/mol. The van der Waals surface area contributed by atoms with E-state index in [1.807, 2.05) is 11.8 Å². The van der Waals surface area contributed by atoms with E-state index in [4.69, 9.17) is 0 Å². The van der Waals surface area contributed by atoms with E-state index in [1.54, 1.807) is 0 Å². The molecule has 5 heteroatoms. The van der Waals surface area contributed by atoms with E-state index in [1.165, 1.54) is 18.4 Å². The van der Waals surface area contributed by atoms with Gasteiger partial charge in [-0.3, -0.25) is 14.5 Å². The summed E-state index contributed by atoms with van der Waals surface area (Å²) in [4.78, 5) is 28.6. The van der Waals surface area contributed by atoms with Crippen LogP contribution in [-0.2, 0) is 15.0 Å². The third-order valence-electron chi connectivity index (χ3n) is 6.18. The maximum absolute atomic E-state index is 12.6. The zero-order valence-electron chi connectivity index (χ0n) is 16.6. The Kier molecular flexibility index (Phi) is 6.89. The first-order valence-corrected chi connectivity index (χ1v) is 10.5. The van der Waals surface area contributed by atoms with Gasteiger partial charge in [0.25, 0.3) is 0 Å². The number of hydrogen-bond donors (Lipinski definition) is 1. The second kappa shape index (κ2) is 9.36. The lowest BCUT2D eigenvalue weighted by Crippen LogP contribution is -2.44. The summed E-state index contributed by atoms with van der Waals surface area (Å²) in [6, 6.07) is 10.6. The first-order valence-electron chi connectivity index (χ1n) is 10.5. The number of hydrogen-bond acceptors (Lipinski definition) is 3. The molecule has 1 aromatic carbocycles. The van der Waals surface area contributed by atoms with Crippen molar-refractivity contribution in [3.05, 3.63) is 35.9 Å². The Morgan fingerprint density at radius 3 is 2.44 bits per heavy atom. The third kappa shape index (κ3) is 5.10. The Morgan fingerprint density at radius 1 is 1.00 bits per heavy atom. The lowest BCUT2D eigenvalue weighted by Gasteiger charge is -2.30. The van der Waals surface area contributed by atoms with Crippen LogP contribution in [0.15, 0.2) is 30.3 Å². The van der Waals surface area contributed by atoms with Gasteiger partial charge in [0.15, 0.2) is 0 Å². The highest BCUT2D eigenvalue weighted by molar-refractivity contribution is 5.78. The average molecular weight is 372 g/mol. The first-order chi connectivity index (χ1) is 13.1. The quantitative estimate of drug-likeness (QED) is 0.836. The molecule has 1 saturated carbocycles. The van der Waals surface area contributed by atoms with Crippen molar-refractivity contribution in [1.29, 1.82) is 0 Å². The van der Waals surface area contributed by atoms with Gasteiger partial charge in [-0.2, -0.15) is 0 Å². The molecule has 0 atom stereocenters. The van der Waals surface area contributed by atoms with Crippen molar-refractivity contribution < 1.29 is 9.59 Å². The Hall–Kier alpha value is -1.88. The van der Waals surface area contributed by atoms with E-state index in [0.29, 0.717) is 13.0 Å². The van der Waals surface area contributed by atoms with Crippen molar-refractivity contribution in [2.24, 2.45) is 0 Å². The van der Waals surface area contributed by atoms with Crippen LogP contribution in [0.25, 0.3) is 0 Å². The predicted molar refractivity (Wildman–Crippen MR) is 108 cm³/mol. The molecule has 0 radical (unpaired) electrons. The van der Waals surface area contributed by atoms with Crippen molar-refractivity contribution in [3.8, 4) is 0 Å². The van der Waals surface area contributed by atoms with E-state index in [2.05, 4.69) is 40.5 Å². The number of rotatable bonds is 6. The lowest BCUT2D eigenvalue weighted by molar-refractivity contribution is -0.130. The minimum atomic E-state index is 0.0973. The fraction of sp³-hybridized carbons (Fsp3) is 0.636. The highest BCUT2D eigenvalue weighted by Gasteiger charge is 2.35. The van der Waals surface area contributed by atoms with Gasteiger partial charge >= 0.3 is 0 Å². The highest BCUT2D eigenvalue weighted by atomic mass is 16.2. The van der Waals surface area contributed by atoms with Crippen molar-refractivity contribution in [1.82, 2.24) is 15.1 Å². The van der Waals surface area contributed by atoms with Crippen molar-refractivity contribution in [3.63, 3.8) is 0 Å². The number of carbonyl (C=O) groups excluding carboxylic acids is 2. The maximum Gasteiger partial charge on any atom is 0.234 e.